The normalized spacial score (nSPS) is 11.8. The lowest BCUT2D eigenvalue weighted by atomic mass is 10.1. The number of methoxy groups -OCH3 is 2. The Bertz CT molecular complexity index is 934. The van der Waals surface area contributed by atoms with Crippen LogP contribution in [-0.4, -0.2) is 54.0 Å². The number of rotatable bonds is 12. The summed E-state index contributed by atoms with van der Waals surface area (Å²) in [6.45, 7) is 3.72. The topological polar surface area (TPSA) is 101 Å². The molecule has 0 atom stereocenters. The second-order valence-corrected chi connectivity index (χ2v) is 8.68. The Kier molecular flexibility index (Phi) is 10.1. The molecule has 0 radical (unpaired) electrons. The van der Waals surface area contributed by atoms with E-state index in [0.717, 1.165) is 17.5 Å². The summed E-state index contributed by atoms with van der Waals surface area (Å²) in [6.07, 6.45) is 0.752. The molecule has 0 saturated carbocycles. The van der Waals surface area contributed by atoms with Crippen LogP contribution in [0.15, 0.2) is 53.5 Å². The molecule has 3 N–H and O–H groups in total. The predicted molar refractivity (Wildman–Crippen MR) is 124 cm³/mol. The first-order valence-corrected chi connectivity index (χ1v) is 11.9. The zero-order valence-electron chi connectivity index (χ0n) is 18.3. The van der Waals surface area contributed by atoms with Gasteiger partial charge in [0.15, 0.2) is 17.5 Å². The van der Waals surface area contributed by atoms with Crippen LogP contribution in [0.2, 0.25) is 0 Å². The smallest absolute Gasteiger partial charge is 0.213 e. The number of hydrogen-bond acceptors (Lipinski definition) is 5. The Morgan fingerprint density at radius 2 is 1.71 bits per heavy atom. The Labute approximate surface area is 185 Å². The number of guanidine groups is 1. The molecule has 31 heavy (non-hydrogen) atoms. The number of nitrogens with one attached hydrogen (secondary N) is 3. The Morgan fingerprint density at radius 3 is 2.39 bits per heavy atom. The van der Waals surface area contributed by atoms with Crippen molar-refractivity contribution in [2.24, 2.45) is 4.99 Å². The monoisotopic (exact) mass is 448 g/mol. The number of aliphatic imine (C=N–C) groups is 1. The van der Waals surface area contributed by atoms with Gasteiger partial charge in [0.1, 0.15) is 0 Å². The molecule has 0 unspecified atom stereocenters. The van der Waals surface area contributed by atoms with E-state index in [4.69, 9.17) is 9.47 Å². The van der Waals surface area contributed by atoms with Crippen LogP contribution in [0.5, 0.6) is 11.5 Å². The summed E-state index contributed by atoms with van der Waals surface area (Å²) in [7, 11) is -0.190. The van der Waals surface area contributed by atoms with Gasteiger partial charge in [-0.25, -0.2) is 13.1 Å². The Morgan fingerprint density at radius 1 is 0.968 bits per heavy atom. The fourth-order valence-electron chi connectivity index (χ4n) is 2.84. The minimum atomic E-state index is -3.41. The van der Waals surface area contributed by atoms with Crippen LogP contribution in [0.4, 0.5) is 0 Å². The molecular formula is C22H32N4O4S. The van der Waals surface area contributed by atoms with Gasteiger partial charge in [-0.05, 0) is 36.6 Å². The van der Waals surface area contributed by atoms with E-state index in [2.05, 4.69) is 20.3 Å². The van der Waals surface area contributed by atoms with Crippen LogP contribution in [0.1, 0.15) is 18.1 Å². The molecule has 8 nitrogen and oxygen atoms in total. The van der Waals surface area contributed by atoms with Gasteiger partial charge in [0.05, 0.1) is 26.5 Å². The van der Waals surface area contributed by atoms with Crippen molar-refractivity contribution in [3.63, 3.8) is 0 Å². The SMILES string of the molecule is CCNC(=NCCS(=O)(=O)NCc1ccccc1)NCCc1ccc(OC)c(OC)c1. The third-order valence-corrected chi connectivity index (χ3v) is 5.77. The second kappa shape index (κ2) is 12.8. The van der Waals surface area contributed by atoms with Gasteiger partial charge in [-0.2, -0.15) is 0 Å². The molecule has 2 rings (SSSR count). The summed E-state index contributed by atoms with van der Waals surface area (Å²) in [5.41, 5.74) is 2.01. The lowest BCUT2D eigenvalue weighted by Crippen LogP contribution is -2.39. The fraction of sp³-hybridized carbons (Fsp3) is 0.409. The molecule has 0 heterocycles. The molecule has 0 aromatic heterocycles. The summed E-state index contributed by atoms with van der Waals surface area (Å²) in [5.74, 6) is 1.89. The average Bonchev–Trinajstić information content (AvgIpc) is 2.78. The molecule has 9 heteroatoms. The van der Waals surface area contributed by atoms with E-state index in [1.807, 2.05) is 55.5 Å². The zero-order valence-corrected chi connectivity index (χ0v) is 19.2. The molecule has 170 valence electrons. The van der Waals surface area contributed by atoms with Gasteiger partial charge in [0.2, 0.25) is 10.0 Å². The van der Waals surface area contributed by atoms with E-state index in [0.29, 0.717) is 30.5 Å². The van der Waals surface area contributed by atoms with Gasteiger partial charge >= 0.3 is 0 Å². The quantitative estimate of drug-likeness (QED) is 0.339. The molecule has 0 bridgehead atoms. The number of ether oxygens (including phenoxy) is 2. The molecule has 2 aromatic rings. The molecule has 0 spiro atoms. The van der Waals surface area contributed by atoms with E-state index < -0.39 is 10.0 Å². The van der Waals surface area contributed by atoms with Crippen molar-refractivity contribution in [2.45, 2.75) is 19.9 Å². The van der Waals surface area contributed by atoms with Crippen LogP contribution in [0.25, 0.3) is 0 Å². The first-order valence-electron chi connectivity index (χ1n) is 10.2. The fourth-order valence-corrected chi connectivity index (χ4v) is 3.70. The molecule has 2 aromatic carbocycles. The maximum atomic E-state index is 12.2. The van der Waals surface area contributed by atoms with E-state index >= 15 is 0 Å². The average molecular weight is 449 g/mol. The van der Waals surface area contributed by atoms with Gasteiger partial charge in [-0.1, -0.05) is 36.4 Å². The van der Waals surface area contributed by atoms with Gasteiger partial charge in [0, 0.05) is 19.6 Å². The maximum Gasteiger partial charge on any atom is 0.213 e. The summed E-state index contributed by atoms with van der Waals surface area (Å²) in [6, 6.07) is 15.2. The van der Waals surface area contributed by atoms with Crippen molar-refractivity contribution in [2.75, 3.05) is 39.6 Å². The first-order chi connectivity index (χ1) is 15.0. The second-order valence-electron chi connectivity index (χ2n) is 6.75. The minimum absolute atomic E-state index is 0.0773. The minimum Gasteiger partial charge on any atom is -0.493 e. The maximum absolute atomic E-state index is 12.2. The van der Waals surface area contributed by atoms with Crippen LogP contribution in [0.3, 0.4) is 0 Å². The standard InChI is InChI=1S/C22H32N4O4S/c1-4-23-22(24-13-12-18-10-11-20(29-2)21(16-18)30-3)25-14-15-31(27,28)26-17-19-8-6-5-7-9-19/h5-11,16,26H,4,12-15,17H2,1-3H3,(H2,23,24,25). The lowest BCUT2D eigenvalue weighted by molar-refractivity contribution is 0.354. The van der Waals surface area contributed by atoms with Crippen molar-refractivity contribution >= 4 is 16.0 Å². The summed E-state index contributed by atoms with van der Waals surface area (Å²) >= 11 is 0. The van der Waals surface area contributed by atoms with E-state index in [9.17, 15) is 8.42 Å². The highest BCUT2D eigenvalue weighted by atomic mass is 32.2. The largest absolute Gasteiger partial charge is 0.493 e. The molecular weight excluding hydrogens is 416 g/mol. The summed E-state index contributed by atoms with van der Waals surface area (Å²) in [4.78, 5) is 4.38. The predicted octanol–water partition coefficient (Wildman–Crippen LogP) is 1.92. The number of benzene rings is 2. The molecule has 0 aliphatic heterocycles. The van der Waals surface area contributed by atoms with Crippen LogP contribution in [-0.2, 0) is 23.0 Å². The number of sulfonamides is 1. The molecule has 0 amide bonds. The van der Waals surface area contributed by atoms with Crippen molar-refractivity contribution in [1.82, 2.24) is 15.4 Å². The van der Waals surface area contributed by atoms with E-state index in [1.54, 1.807) is 14.2 Å². The highest BCUT2D eigenvalue weighted by Gasteiger charge is 2.10. The highest BCUT2D eigenvalue weighted by Crippen LogP contribution is 2.27. The summed E-state index contributed by atoms with van der Waals surface area (Å²) in [5, 5.41) is 6.36. The molecule has 0 aliphatic carbocycles. The van der Waals surface area contributed by atoms with Crippen molar-refractivity contribution in [1.29, 1.82) is 0 Å². The lowest BCUT2D eigenvalue weighted by Gasteiger charge is -2.13. The zero-order chi connectivity index (χ0) is 22.5. The van der Waals surface area contributed by atoms with Crippen LogP contribution in [0, 0.1) is 0 Å². The Hall–Kier alpha value is -2.78. The van der Waals surface area contributed by atoms with Crippen molar-refractivity contribution in [3.8, 4) is 11.5 Å². The molecule has 0 saturated heterocycles. The highest BCUT2D eigenvalue weighted by molar-refractivity contribution is 7.89. The van der Waals surface area contributed by atoms with E-state index in [1.165, 1.54) is 0 Å². The van der Waals surface area contributed by atoms with Crippen LogP contribution < -0.4 is 24.8 Å². The van der Waals surface area contributed by atoms with Gasteiger partial charge in [-0.15, -0.1) is 0 Å². The third-order valence-electron chi connectivity index (χ3n) is 4.47. The molecule has 0 aliphatic rings. The molecule has 0 fully saturated rings. The van der Waals surface area contributed by atoms with Gasteiger partial charge in [0.25, 0.3) is 0 Å². The van der Waals surface area contributed by atoms with Crippen LogP contribution >= 0.6 is 0 Å². The number of hydrogen-bond donors (Lipinski definition) is 3. The summed E-state index contributed by atoms with van der Waals surface area (Å²) < 4.78 is 37.6. The Balaban J connectivity index is 1.82. The van der Waals surface area contributed by atoms with Crippen molar-refractivity contribution < 1.29 is 17.9 Å². The van der Waals surface area contributed by atoms with Gasteiger partial charge < -0.3 is 20.1 Å². The van der Waals surface area contributed by atoms with E-state index in [-0.39, 0.29) is 18.8 Å². The van der Waals surface area contributed by atoms with Crippen molar-refractivity contribution in [3.05, 3.63) is 59.7 Å². The van der Waals surface area contributed by atoms with Gasteiger partial charge in [-0.3, -0.25) is 4.99 Å². The third kappa shape index (κ3) is 8.85. The number of nitrogens with zero attached hydrogens (tertiary/aromatic N) is 1. The first kappa shape index (κ1) is 24.5.